The highest BCUT2D eigenvalue weighted by Crippen LogP contribution is 2.35. The van der Waals surface area contributed by atoms with Crippen molar-refractivity contribution in [1.29, 1.82) is 5.26 Å². The molecule has 5 rings (SSSR count). The zero-order valence-electron chi connectivity index (χ0n) is 18.7. The Morgan fingerprint density at radius 3 is 2.85 bits per heavy atom. The minimum Gasteiger partial charge on any atom is -0.381 e. The highest BCUT2D eigenvalue weighted by atomic mass is 19.1. The number of nitriles is 1. The third-order valence-corrected chi connectivity index (χ3v) is 7.34. The average Bonchev–Trinajstić information content (AvgIpc) is 3.58. The Morgan fingerprint density at radius 1 is 1.30 bits per heavy atom. The van der Waals surface area contributed by atoms with Gasteiger partial charge in [-0.1, -0.05) is 12.1 Å². The second-order valence-electron chi connectivity index (χ2n) is 9.62. The van der Waals surface area contributed by atoms with Gasteiger partial charge in [-0.3, -0.25) is 9.48 Å². The fraction of sp³-hybridized carbons (Fsp3) is 0.560. The molecule has 3 aliphatic rings. The van der Waals surface area contributed by atoms with E-state index in [0.717, 1.165) is 63.0 Å². The molecule has 0 unspecified atom stereocenters. The first kappa shape index (κ1) is 22.1. The van der Waals surface area contributed by atoms with Crippen LogP contribution in [0.3, 0.4) is 0 Å². The van der Waals surface area contributed by atoms with E-state index in [4.69, 9.17) is 4.74 Å². The van der Waals surface area contributed by atoms with E-state index in [2.05, 4.69) is 21.8 Å². The lowest BCUT2D eigenvalue weighted by Crippen LogP contribution is -2.50. The number of rotatable bonds is 7. The molecule has 2 bridgehead atoms. The number of aromatic nitrogens is 2. The number of benzene rings is 1. The van der Waals surface area contributed by atoms with Gasteiger partial charge >= 0.3 is 0 Å². The number of nitrogens with zero attached hydrogens (tertiary/aromatic N) is 3. The lowest BCUT2D eigenvalue weighted by molar-refractivity contribution is -0.124. The van der Waals surface area contributed by atoms with Gasteiger partial charge in [0.05, 0.1) is 18.3 Å². The molecule has 1 aromatic heterocycles. The normalized spacial score (nSPS) is 25.6. The van der Waals surface area contributed by atoms with Crippen LogP contribution in [0.1, 0.15) is 37.7 Å². The van der Waals surface area contributed by atoms with Gasteiger partial charge in [0.25, 0.3) is 0 Å². The van der Waals surface area contributed by atoms with Gasteiger partial charge in [0.15, 0.2) is 0 Å². The lowest BCUT2D eigenvalue weighted by atomic mass is 9.98. The molecule has 2 aromatic rings. The van der Waals surface area contributed by atoms with Crippen molar-refractivity contribution in [3.63, 3.8) is 0 Å². The van der Waals surface area contributed by atoms with E-state index in [1.54, 1.807) is 12.3 Å². The number of hydrogen-bond donors (Lipinski definition) is 2. The van der Waals surface area contributed by atoms with Crippen LogP contribution >= 0.6 is 0 Å². The summed E-state index contributed by atoms with van der Waals surface area (Å²) in [5.74, 6) is 0.371. The van der Waals surface area contributed by atoms with Crippen molar-refractivity contribution in [2.45, 2.75) is 63.2 Å². The predicted octanol–water partition coefficient (Wildman–Crippen LogP) is 2.81. The predicted molar refractivity (Wildman–Crippen MR) is 120 cm³/mol. The highest BCUT2D eigenvalue weighted by molar-refractivity contribution is 5.83. The monoisotopic (exact) mass is 451 g/mol. The van der Waals surface area contributed by atoms with Gasteiger partial charge in [0, 0.05) is 44.0 Å². The van der Waals surface area contributed by atoms with Gasteiger partial charge in [-0.2, -0.15) is 10.4 Å². The molecule has 7 nitrogen and oxygen atoms in total. The third-order valence-electron chi connectivity index (χ3n) is 7.34. The van der Waals surface area contributed by atoms with Crippen LogP contribution in [0, 0.1) is 29.0 Å². The van der Waals surface area contributed by atoms with Crippen LogP contribution in [0.25, 0.3) is 11.1 Å². The fourth-order valence-corrected chi connectivity index (χ4v) is 5.46. The minimum absolute atomic E-state index is 0.137. The molecule has 0 spiro atoms. The van der Waals surface area contributed by atoms with Crippen molar-refractivity contribution >= 4 is 5.91 Å². The Kier molecular flexibility index (Phi) is 6.43. The second kappa shape index (κ2) is 9.62. The van der Waals surface area contributed by atoms with E-state index in [1.807, 2.05) is 16.9 Å². The van der Waals surface area contributed by atoms with Crippen LogP contribution in [0.15, 0.2) is 30.6 Å². The Morgan fingerprint density at radius 2 is 2.15 bits per heavy atom. The molecular weight excluding hydrogens is 421 g/mol. The van der Waals surface area contributed by atoms with Gasteiger partial charge in [-0.15, -0.1) is 0 Å². The van der Waals surface area contributed by atoms with E-state index in [-0.39, 0.29) is 24.2 Å². The molecular formula is C25H30FN5O2. The Hall–Kier alpha value is -2.76. The number of ether oxygens (including phenoxy) is 1. The van der Waals surface area contributed by atoms with Crippen molar-refractivity contribution in [3.05, 3.63) is 42.0 Å². The van der Waals surface area contributed by atoms with Crippen LogP contribution in [0.5, 0.6) is 0 Å². The molecule has 1 saturated carbocycles. The van der Waals surface area contributed by atoms with Crippen molar-refractivity contribution in [3.8, 4) is 17.2 Å². The number of nitrogens with one attached hydrogen (secondary N) is 2. The lowest BCUT2D eigenvalue weighted by Gasteiger charge is -2.23. The van der Waals surface area contributed by atoms with Crippen molar-refractivity contribution < 1.29 is 13.9 Å². The summed E-state index contributed by atoms with van der Waals surface area (Å²) in [5.41, 5.74) is 2.03. The van der Waals surface area contributed by atoms with Gasteiger partial charge in [-0.25, -0.2) is 4.39 Å². The zero-order valence-corrected chi connectivity index (χ0v) is 18.7. The number of carbonyl (C=O) groups excluding carboxylic acids is 1. The van der Waals surface area contributed by atoms with Crippen LogP contribution < -0.4 is 10.6 Å². The Labute approximate surface area is 193 Å². The van der Waals surface area contributed by atoms with Gasteiger partial charge in [0.1, 0.15) is 11.9 Å². The fourth-order valence-electron chi connectivity index (χ4n) is 5.46. The first-order chi connectivity index (χ1) is 16.1. The largest absolute Gasteiger partial charge is 0.381 e. The summed E-state index contributed by atoms with van der Waals surface area (Å²) >= 11 is 0. The van der Waals surface area contributed by atoms with Crippen LogP contribution in [0.2, 0.25) is 0 Å². The summed E-state index contributed by atoms with van der Waals surface area (Å²) in [6, 6.07) is 6.57. The number of amides is 1. The van der Waals surface area contributed by atoms with Gasteiger partial charge < -0.3 is 15.4 Å². The number of halogens is 1. The standard InChI is InChI=1S/C25H30FN5O2/c26-23-11-17(20-13-28-31(15-20)14-16-5-7-33-8-6-16)1-2-18(23)9-22(12-27)30-25(32)24-19-3-4-21(10-19)29-24/h1-2,11,13,15-16,19,21-22,24,29H,3-10,14H2,(H,30,32)/t19-,21+,22-,24-/m0/s1. The summed E-state index contributed by atoms with van der Waals surface area (Å²) in [7, 11) is 0. The maximum Gasteiger partial charge on any atom is 0.238 e. The second-order valence-corrected chi connectivity index (χ2v) is 9.62. The summed E-state index contributed by atoms with van der Waals surface area (Å²) in [6.45, 7) is 2.44. The Balaban J connectivity index is 1.20. The molecule has 0 radical (unpaired) electrons. The molecule has 3 fully saturated rings. The SMILES string of the molecule is N#C[C@H](Cc1ccc(-c2cnn(CC3CCOCC3)c2)cc1F)NC(=O)[C@H]1N[C@@H]2CC[C@H]1C2. The van der Waals surface area contributed by atoms with Gasteiger partial charge in [-0.05, 0) is 61.1 Å². The molecule has 4 atom stereocenters. The molecule has 2 saturated heterocycles. The third kappa shape index (κ3) is 4.94. The molecule has 1 amide bonds. The molecule has 8 heteroatoms. The minimum atomic E-state index is -0.763. The van der Waals surface area contributed by atoms with Crippen molar-refractivity contribution in [2.75, 3.05) is 13.2 Å². The molecule has 2 N–H and O–H groups in total. The van der Waals surface area contributed by atoms with Crippen molar-refractivity contribution in [2.24, 2.45) is 11.8 Å². The molecule has 1 aliphatic carbocycles. The molecule has 174 valence electrons. The molecule has 3 heterocycles. The van der Waals surface area contributed by atoms with Crippen LogP contribution in [-0.2, 0) is 22.5 Å². The van der Waals surface area contributed by atoms with E-state index in [1.165, 1.54) is 6.07 Å². The van der Waals surface area contributed by atoms with E-state index >= 15 is 0 Å². The summed E-state index contributed by atoms with van der Waals surface area (Å²) in [4.78, 5) is 12.6. The highest BCUT2D eigenvalue weighted by Gasteiger charge is 2.43. The molecule has 1 aromatic carbocycles. The van der Waals surface area contributed by atoms with E-state index in [9.17, 15) is 14.4 Å². The van der Waals surface area contributed by atoms with E-state index < -0.39 is 6.04 Å². The quantitative estimate of drug-likeness (QED) is 0.676. The maximum atomic E-state index is 14.9. The number of carbonyl (C=O) groups is 1. The first-order valence-corrected chi connectivity index (χ1v) is 11.9. The summed E-state index contributed by atoms with van der Waals surface area (Å²) in [5, 5.41) is 20.1. The van der Waals surface area contributed by atoms with Crippen LogP contribution in [0.4, 0.5) is 4.39 Å². The number of hydrogen-bond acceptors (Lipinski definition) is 5. The average molecular weight is 452 g/mol. The number of piperidine rings is 1. The van der Waals surface area contributed by atoms with Crippen molar-refractivity contribution in [1.82, 2.24) is 20.4 Å². The topological polar surface area (TPSA) is 92.0 Å². The Bertz CT molecular complexity index is 1040. The first-order valence-electron chi connectivity index (χ1n) is 11.9. The van der Waals surface area contributed by atoms with Crippen LogP contribution in [-0.4, -0.2) is 47.0 Å². The molecule has 33 heavy (non-hydrogen) atoms. The maximum absolute atomic E-state index is 14.9. The zero-order chi connectivity index (χ0) is 22.8. The smallest absolute Gasteiger partial charge is 0.238 e. The van der Waals surface area contributed by atoms with Gasteiger partial charge in [0.2, 0.25) is 5.91 Å². The summed E-state index contributed by atoms with van der Waals surface area (Å²) < 4.78 is 22.2. The summed E-state index contributed by atoms with van der Waals surface area (Å²) in [6.07, 6.45) is 9.10. The van der Waals surface area contributed by atoms with E-state index in [0.29, 0.717) is 23.4 Å². The number of fused-ring (bicyclic) bond motifs is 2. The molecule has 2 aliphatic heterocycles.